The molecule has 80 valence electrons. The number of hydrogen-bond donors (Lipinski definition) is 1. The Morgan fingerprint density at radius 2 is 2.00 bits per heavy atom. The van der Waals surface area contributed by atoms with Gasteiger partial charge in [-0.25, -0.2) is 9.59 Å². The summed E-state index contributed by atoms with van der Waals surface area (Å²) in [6.07, 6.45) is -1.10. The van der Waals surface area contributed by atoms with Crippen LogP contribution in [0.3, 0.4) is 0 Å². The van der Waals surface area contributed by atoms with Crippen molar-refractivity contribution in [2.45, 2.75) is 45.4 Å². The first kappa shape index (κ1) is 11.0. The number of hydrogen-bond acceptors (Lipinski definition) is 4. The van der Waals surface area contributed by atoms with Crippen molar-refractivity contribution in [3.8, 4) is 0 Å². The fourth-order valence-electron chi connectivity index (χ4n) is 1.30. The summed E-state index contributed by atoms with van der Waals surface area (Å²) in [5, 5.41) is 2.39. The summed E-state index contributed by atoms with van der Waals surface area (Å²) in [5.41, 5.74) is -0.354. The van der Waals surface area contributed by atoms with Crippen LogP contribution in [0, 0.1) is 0 Å². The molecule has 1 heterocycles. The quantitative estimate of drug-likeness (QED) is 0.530. The van der Waals surface area contributed by atoms with E-state index in [9.17, 15) is 9.59 Å². The molecular weight excluding hydrogens is 186 g/mol. The Balaban J connectivity index is 2.57. The van der Waals surface area contributed by atoms with E-state index >= 15 is 0 Å². The highest BCUT2D eigenvalue weighted by atomic mass is 16.6. The lowest BCUT2D eigenvalue weighted by Crippen LogP contribution is -2.43. The van der Waals surface area contributed by atoms with E-state index in [1.165, 1.54) is 0 Å². The normalized spacial score (nSPS) is 24.4. The maximum Gasteiger partial charge on any atom is 0.415 e. The van der Waals surface area contributed by atoms with E-state index in [0.717, 1.165) is 0 Å². The molecule has 0 aliphatic carbocycles. The van der Waals surface area contributed by atoms with E-state index < -0.39 is 24.2 Å². The fraction of sp³-hybridized carbons (Fsp3) is 0.778. The molecule has 0 aromatic heterocycles. The van der Waals surface area contributed by atoms with Gasteiger partial charge in [0, 0.05) is 0 Å². The molecule has 0 aromatic rings. The Morgan fingerprint density at radius 3 is 2.36 bits per heavy atom. The number of amides is 1. The van der Waals surface area contributed by atoms with Crippen LogP contribution in [-0.2, 0) is 14.3 Å². The lowest BCUT2D eigenvalue weighted by Gasteiger charge is -2.26. The molecule has 2 atom stereocenters. The molecule has 1 amide bonds. The van der Waals surface area contributed by atoms with Crippen molar-refractivity contribution in [2.75, 3.05) is 0 Å². The van der Waals surface area contributed by atoms with Crippen LogP contribution in [0.4, 0.5) is 4.79 Å². The third-order valence-electron chi connectivity index (χ3n) is 1.73. The first-order valence-corrected chi connectivity index (χ1v) is 4.49. The molecule has 14 heavy (non-hydrogen) atoms. The number of alkyl carbamates (subject to hydrolysis) is 1. The highest BCUT2D eigenvalue weighted by Gasteiger charge is 2.38. The molecule has 1 saturated heterocycles. The third-order valence-corrected chi connectivity index (χ3v) is 1.73. The van der Waals surface area contributed by atoms with Gasteiger partial charge in [-0.3, -0.25) is 0 Å². The van der Waals surface area contributed by atoms with Crippen LogP contribution in [-0.4, -0.2) is 29.8 Å². The van der Waals surface area contributed by atoms with E-state index in [1.807, 2.05) is 20.8 Å². The van der Waals surface area contributed by atoms with E-state index in [2.05, 4.69) is 10.1 Å². The molecule has 0 radical (unpaired) electrons. The van der Waals surface area contributed by atoms with Gasteiger partial charge in [0.1, 0.15) is 0 Å². The van der Waals surface area contributed by atoms with E-state index in [-0.39, 0.29) is 5.60 Å². The topological polar surface area (TPSA) is 64.6 Å². The summed E-state index contributed by atoms with van der Waals surface area (Å²) in [7, 11) is 0. The molecule has 5 nitrogen and oxygen atoms in total. The maximum atomic E-state index is 11.1. The van der Waals surface area contributed by atoms with Gasteiger partial charge in [0.2, 0.25) is 0 Å². The molecule has 0 saturated carbocycles. The fourth-order valence-corrected chi connectivity index (χ4v) is 1.30. The maximum absolute atomic E-state index is 11.1. The Labute approximate surface area is 82.8 Å². The van der Waals surface area contributed by atoms with E-state index in [0.29, 0.717) is 0 Å². The van der Waals surface area contributed by atoms with Crippen molar-refractivity contribution in [1.29, 1.82) is 0 Å². The van der Waals surface area contributed by atoms with Crippen LogP contribution in [0.5, 0.6) is 0 Å². The predicted molar refractivity (Wildman–Crippen MR) is 48.7 cm³/mol. The third kappa shape index (κ3) is 2.70. The van der Waals surface area contributed by atoms with Crippen molar-refractivity contribution < 1.29 is 19.1 Å². The molecule has 0 aromatic carbocycles. The van der Waals surface area contributed by atoms with Crippen molar-refractivity contribution in [3.05, 3.63) is 0 Å². The highest BCUT2D eigenvalue weighted by molar-refractivity contribution is 5.95. The van der Waals surface area contributed by atoms with Gasteiger partial charge in [0.15, 0.2) is 6.04 Å². The Bertz CT molecular complexity index is 256. The first-order valence-electron chi connectivity index (χ1n) is 4.49. The number of nitrogens with one attached hydrogen (secondary N) is 1. The molecule has 5 heteroatoms. The minimum absolute atomic E-state index is 0.354. The predicted octanol–water partition coefficient (Wildman–Crippen LogP) is 0.825. The second-order valence-electron chi connectivity index (χ2n) is 4.27. The molecule has 1 aliphatic heterocycles. The zero-order valence-electron chi connectivity index (χ0n) is 8.79. The van der Waals surface area contributed by atoms with Gasteiger partial charge in [0.05, 0.1) is 11.7 Å². The summed E-state index contributed by atoms with van der Waals surface area (Å²) < 4.78 is 9.87. The standard InChI is InChI=1S/C9H15NO4/c1-5(14-9(2,3)4)6-7(11)13-8(12)10-6/h5-6H,1-4H3,(H,10,12). The molecule has 1 aliphatic rings. The summed E-state index contributed by atoms with van der Waals surface area (Å²) in [5.74, 6) is -0.577. The molecule has 0 spiro atoms. The number of ether oxygens (including phenoxy) is 2. The van der Waals surface area contributed by atoms with Gasteiger partial charge in [-0.15, -0.1) is 0 Å². The summed E-state index contributed by atoms with van der Waals surface area (Å²) >= 11 is 0. The monoisotopic (exact) mass is 201 g/mol. The van der Waals surface area contributed by atoms with Crippen molar-refractivity contribution in [3.63, 3.8) is 0 Å². The summed E-state index contributed by atoms with van der Waals surface area (Å²) in [6.45, 7) is 7.37. The number of rotatable bonds is 2. The van der Waals surface area contributed by atoms with Crippen molar-refractivity contribution in [2.24, 2.45) is 0 Å². The molecule has 0 bridgehead atoms. The summed E-state index contributed by atoms with van der Waals surface area (Å²) in [6, 6.07) is -0.693. The van der Waals surface area contributed by atoms with Gasteiger partial charge in [-0.05, 0) is 27.7 Å². The van der Waals surface area contributed by atoms with Crippen LogP contribution in [0.15, 0.2) is 0 Å². The molecule has 1 fully saturated rings. The average molecular weight is 201 g/mol. The smallest absolute Gasteiger partial charge is 0.375 e. The summed E-state index contributed by atoms with van der Waals surface area (Å²) in [4.78, 5) is 21.9. The average Bonchev–Trinajstić information content (AvgIpc) is 2.26. The van der Waals surface area contributed by atoms with Crippen LogP contribution < -0.4 is 5.32 Å². The number of esters is 1. The van der Waals surface area contributed by atoms with Gasteiger partial charge in [-0.2, -0.15) is 0 Å². The van der Waals surface area contributed by atoms with Gasteiger partial charge >= 0.3 is 12.1 Å². The Hall–Kier alpha value is -1.10. The highest BCUT2D eigenvalue weighted by Crippen LogP contribution is 2.15. The zero-order chi connectivity index (χ0) is 10.9. The van der Waals surface area contributed by atoms with Crippen LogP contribution >= 0.6 is 0 Å². The Kier molecular flexibility index (Phi) is 2.80. The number of cyclic esters (lactones) is 2. The largest absolute Gasteiger partial charge is 0.415 e. The molecule has 2 unspecified atom stereocenters. The molecular formula is C9H15NO4. The van der Waals surface area contributed by atoms with E-state index in [4.69, 9.17) is 4.74 Å². The van der Waals surface area contributed by atoms with Crippen LogP contribution in [0.25, 0.3) is 0 Å². The zero-order valence-corrected chi connectivity index (χ0v) is 8.79. The van der Waals surface area contributed by atoms with Gasteiger partial charge in [0.25, 0.3) is 0 Å². The molecule has 1 rings (SSSR count). The second-order valence-corrected chi connectivity index (χ2v) is 4.27. The number of carbonyl (C=O) groups is 2. The van der Waals surface area contributed by atoms with Crippen LogP contribution in [0.2, 0.25) is 0 Å². The lowest BCUT2D eigenvalue weighted by atomic mass is 10.1. The van der Waals surface area contributed by atoms with Gasteiger partial charge < -0.3 is 14.8 Å². The van der Waals surface area contributed by atoms with Crippen LogP contribution in [0.1, 0.15) is 27.7 Å². The number of carbonyl (C=O) groups excluding carboxylic acids is 2. The second kappa shape index (κ2) is 3.57. The SMILES string of the molecule is CC(OC(C)(C)C)C1NC(=O)OC1=O. The minimum Gasteiger partial charge on any atom is -0.375 e. The molecule has 1 N–H and O–H groups in total. The van der Waals surface area contributed by atoms with Crippen molar-refractivity contribution >= 4 is 12.1 Å². The Morgan fingerprint density at radius 1 is 1.43 bits per heavy atom. The lowest BCUT2D eigenvalue weighted by molar-refractivity contribution is -0.141. The van der Waals surface area contributed by atoms with Crippen molar-refractivity contribution in [1.82, 2.24) is 5.32 Å². The minimum atomic E-state index is -0.704. The van der Waals surface area contributed by atoms with Gasteiger partial charge in [-0.1, -0.05) is 0 Å². The van der Waals surface area contributed by atoms with E-state index in [1.54, 1.807) is 6.92 Å². The first-order chi connectivity index (χ1) is 6.29.